The van der Waals surface area contributed by atoms with E-state index in [1.54, 1.807) is 24.4 Å². The Bertz CT molecular complexity index is 837. The summed E-state index contributed by atoms with van der Waals surface area (Å²) < 4.78 is 38.9. The van der Waals surface area contributed by atoms with Gasteiger partial charge in [0.25, 0.3) is 5.91 Å². The van der Waals surface area contributed by atoms with Crippen molar-refractivity contribution in [3.05, 3.63) is 65.9 Å². The Hall–Kier alpha value is -2.76. The van der Waals surface area contributed by atoms with E-state index in [1.807, 2.05) is 6.07 Å². The Labute approximate surface area is 123 Å². The quantitative estimate of drug-likeness (QED) is 0.722. The van der Waals surface area contributed by atoms with E-state index in [0.29, 0.717) is 5.69 Å². The van der Waals surface area contributed by atoms with Gasteiger partial charge in [-0.25, -0.2) is 0 Å². The van der Waals surface area contributed by atoms with Gasteiger partial charge in [0.1, 0.15) is 0 Å². The summed E-state index contributed by atoms with van der Waals surface area (Å²) in [6.07, 6.45) is -2.88. The van der Waals surface area contributed by atoms with Crippen LogP contribution in [0.4, 0.5) is 18.9 Å². The Balaban J connectivity index is 1.98. The lowest BCUT2D eigenvalue weighted by Gasteiger charge is -2.13. The van der Waals surface area contributed by atoms with Crippen LogP contribution in [0.3, 0.4) is 0 Å². The number of amides is 1. The van der Waals surface area contributed by atoms with Crippen LogP contribution in [0.1, 0.15) is 15.9 Å². The molecule has 3 nitrogen and oxygen atoms in total. The van der Waals surface area contributed by atoms with Gasteiger partial charge in [0.15, 0.2) is 0 Å². The molecule has 0 saturated carbocycles. The van der Waals surface area contributed by atoms with Gasteiger partial charge >= 0.3 is 6.18 Å². The first kappa shape index (κ1) is 14.2. The Kier molecular flexibility index (Phi) is 3.36. The maximum absolute atomic E-state index is 13.0. The summed E-state index contributed by atoms with van der Waals surface area (Å²) in [4.78, 5) is 15.2. The predicted octanol–water partition coefficient (Wildman–Crippen LogP) is 4.44. The number of H-pyrrole nitrogens is 1. The Morgan fingerprint density at radius 3 is 2.55 bits per heavy atom. The monoisotopic (exact) mass is 304 g/mol. The van der Waals surface area contributed by atoms with Crippen LogP contribution in [0, 0.1) is 0 Å². The van der Waals surface area contributed by atoms with Crippen LogP contribution in [0.25, 0.3) is 10.9 Å². The standard InChI is InChI=1S/C16H11F3N2O/c17-16(18,19)12-5-2-1-4-10(12)15(22)21-14-7-3-6-13-11(14)8-9-20-13/h1-9,20H,(H,21,22). The van der Waals surface area contributed by atoms with Gasteiger partial charge in [0.2, 0.25) is 0 Å². The third-order valence-electron chi connectivity index (χ3n) is 3.32. The highest BCUT2D eigenvalue weighted by molar-refractivity contribution is 6.09. The van der Waals surface area contributed by atoms with Crippen molar-refractivity contribution in [2.75, 3.05) is 5.32 Å². The highest BCUT2D eigenvalue weighted by Gasteiger charge is 2.34. The second-order valence-corrected chi connectivity index (χ2v) is 4.74. The molecular formula is C16H11F3N2O. The van der Waals surface area contributed by atoms with Crippen LogP contribution >= 0.6 is 0 Å². The van der Waals surface area contributed by atoms with Crippen LogP contribution in [-0.2, 0) is 6.18 Å². The highest BCUT2D eigenvalue weighted by Crippen LogP contribution is 2.32. The molecule has 3 aromatic rings. The molecule has 6 heteroatoms. The van der Waals surface area contributed by atoms with E-state index in [0.717, 1.165) is 23.0 Å². The lowest BCUT2D eigenvalue weighted by Crippen LogP contribution is -2.18. The second-order valence-electron chi connectivity index (χ2n) is 4.74. The smallest absolute Gasteiger partial charge is 0.361 e. The minimum atomic E-state index is -4.58. The topological polar surface area (TPSA) is 44.9 Å². The number of fused-ring (bicyclic) bond motifs is 1. The minimum Gasteiger partial charge on any atom is -0.361 e. The van der Waals surface area contributed by atoms with E-state index in [4.69, 9.17) is 0 Å². The number of hydrogen-bond donors (Lipinski definition) is 2. The summed E-state index contributed by atoms with van der Waals surface area (Å²) in [5.74, 6) is -0.790. The van der Waals surface area contributed by atoms with Crippen molar-refractivity contribution in [1.82, 2.24) is 4.98 Å². The molecule has 0 bridgehead atoms. The number of rotatable bonds is 2. The molecule has 0 saturated heterocycles. The molecule has 0 unspecified atom stereocenters. The van der Waals surface area contributed by atoms with Gasteiger partial charge in [-0.2, -0.15) is 13.2 Å². The van der Waals surface area contributed by atoms with Crippen molar-refractivity contribution in [2.24, 2.45) is 0 Å². The minimum absolute atomic E-state index is 0.400. The third-order valence-corrected chi connectivity index (χ3v) is 3.32. The van der Waals surface area contributed by atoms with Crippen LogP contribution in [0.2, 0.25) is 0 Å². The lowest BCUT2D eigenvalue weighted by molar-refractivity contribution is -0.137. The molecule has 2 N–H and O–H groups in total. The molecule has 0 aliphatic carbocycles. The van der Waals surface area contributed by atoms with Gasteiger partial charge in [0, 0.05) is 17.1 Å². The maximum Gasteiger partial charge on any atom is 0.417 e. The number of alkyl halides is 3. The number of nitrogens with one attached hydrogen (secondary N) is 2. The van der Waals surface area contributed by atoms with E-state index in [9.17, 15) is 18.0 Å². The van der Waals surface area contributed by atoms with Gasteiger partial charge in [-0.05, 0) is 30.3 Å². The SMILES string of the molecule is O=C(Nc1cccc2[nH]ccc12)c1ccccc1C(F)(F)F. The van der Waals surface area contributed by atoms with Gasteiger partial charge in [-0.3, -0.25) is 4.79 Å². The van der Waals surface area contributed by atoms with Crippen LogP contribution in [-0.4, -0.2) is 10.9 Å². The summed E-state index contributed by atoms with van der Waals surface area (Å²) >= 11 is 0. The number of carbonyl (C=O) groups excluding carboxylic acids is 1. The summed E-state index contributed by atoms with van der Waals surface area (Å²) in [7, 11) is 0. The van der Waals surface area contributed by atoms with E-state index in [1.165, 1.54) is 12.1 Å². The number of anilines is 1. The van der Waals surface area contributed by atoms with Crippen molar-refractivity contribution in [3.63, 3.8) is 0 Å². The molecule has 0 aliphatic rings. The molecule has 3 rings (SSSR count). The second kappa shape index (κ2) is 5.22. The number of benzene rings is 2. The molecule has 112 valence electrons. The largest absolute Gasteiger partial charge is 0.417 e. The summed E-state index contributed by atoms with van der Waals surface area (Å²) in [5.41, 5.74) is -0.0982. The number of carbonyl (C=O) groups is 1. The Morgan fingerprint density at radius 1 is 1.00 bits per heavy atom. The average Bonchev–Trinajstić information content (AvgIpc) is 2.96. The maximum atomic E-state index is 13.0. The molecule has 22 heavy (non-hydrogen) atoms. The number of aromatic nitrogens is 1. The normalized spacial score (nSPS) is 11.6. The van der Waals surface area contributed by atoms with Crippen LogP contribution in [0.15, 0.2) is 54.7 Å². The molecule has 1 heterocycles. The van der Waals surface area contributed by atoms with E-state index in [-0.39, 0.29) is 0 Å². The first-order valence-electron chi connectivity index (χ1n) is 6.50. The Morgan fingerprint density at radius 2 is 1.77 bits per heavy atom. The molecule has 2 aromatic carbocycles. The van der Waals surface area contributed by atoms with Crippen molar-refractivity contribution < 1.29 is 18.0 Å². The van der Waals surface area contributed by atoms with Gasteiger partial charge in [0.05, 0.1) is 16.8 Å². The van der Waals surface area contributed by atoms with E-state index >= 15 is 0 Å². The highest BCUT2D eigenvalue weighted by atomic mass is 19.4. The number of halogens is 3. The van der Waals surface area contributed by atoms with Gasteiger partial charge in [-0.1, -0.05) is 18.2 Å². The van der Waals surface area contributed by atoms with Crippen molar-refractivity contribution in [2.45, 2.75) is 6.18 Å². The molecule has 1 aromatic heterocycles. The van der Waals surface area contributed by atoms with Crippen molar-refractivity contribution in [1.29, 1.82) is 0 Å². The van der Waals surface area contributed by atoms with Crippen LogP contribution in [0.5, 0.6) is 0 Å². The molecule has 0 fully saturated rings. The van der Waals surface area contributed by atoms with Gasteiger partial charge in [-0.15, -0.1) is 0 Å². The molecular weight excluding hydrogens is 293 g/mol. The van der Waals surface area contributed by atoms with Gasteiger partial charge < -0.3 is 10.3 Å². The fourth-order valence-corrected chi connectivity index (χ4v) is 2.31. The number of aromatic amines is 1. The molecule has 0 spiro atoms. The molecule has 0 aliphatic heterocycles. The summed E-state index contributed by atoms with van der Waals surface area (Å²) in [6, 6.07) is 11.6. The zero-order chi connectivity index (χ0) is 15.7. The lowest BCUT2D eigenvalue weighted by atomic mass is 10.1. The van der Waals surface area contributed by atoms with Crippen molar-refractivity contribution >= 4 is 22.5 Å². The zero-order valence-corrected chi connectivity index (χ0v) is 11.2. The third kappa shape index (κ3) is 2.55. The predicted molar refractivity (Wildman–Crippen MR) is 77.7 cm³/mol. The summed E-state index contributed by atoms with van der Waals surface area (Å²) in [5, 5.41) is 3.28. The molecule has 0 atom stereocenters. The first-order chi connectivity index (χ1) is 10.5. The van der Waals surface area contributed by atoms with E-state index in [2.05, 4.69) is 10.3 Å². The first-order valence-corrected chi connectivity index (χ1v) is 6.50. The molecule has 0 radical (unpaired) electrons. The average molecular weight is 304 g/mol. The van der Waals surface area contributed by atoms with Crippen molar-refractivity contribution in [3.8, 4) is 0 Å². The zero-order valence-electron chi connectivity index (χ0n) is 11.2. The van der Waals surface area contributed by atoms with E-state index < -0.39 is 23.2 Å². The summed E-state index contributed by atoms with van der Waals surface area (Å²) in [6.45, 7) is 0. The van der Waals surface area contributed by atoms with Crippen LogP contribution < -0.4 is 5.32 Å². The fourth-order valence-electron chi connectivity index (χ4n) is 2.31. The molecule has 1 amide bonds. The fraction of sp³-hybridized carbons (Fsp3) is 0.0625. The number of hydrogen-bond acceptors (Lipinski definition) is 1.